The number of nitro groups is 1. The molecule has 2 unspecified atom stereocenters. The average molecular weight is 322 g/mol. The topological polar surface area (TPSA) is 102 Å². The highest BCUT2D eigenvalue weighted by Crippen LogP contribution is 2.48. The standard InChI is InChI=1S/C16H22N2O5/c1-4-16(5-2)13(9-14(16)23-3)17-15(20)10-6-7-11(18(21)22)12(19)8-10/h6-8,13-14,19H,4-5,9H2,1-3H3,(H,17,20). The molecule has 126 valence electrons. The van der Waals surface area contributed by atoms with Crippen LogP contribution < -0.4 is 5.32 Å². The molecule has 0 aromatic heterocycles. The van der Waals surface area contributed by atoms with Crippen molar-refractivity contribution in [3.63, 3.8) is 0 Å². The number of carbonyl (C=O) groups excluding carboxylic acids is 1. The first kappa shape index (κ1) is 17.2. The van der Waals surface area contributed by atoms with Crippen molar-refractivity contribution in [3.8, 4) is 5.75 Å². The molecule has 7 heteroatoms. The van der Waals surface area contributed by atoms with Gasteiger partial charge in [-0.1, -0.05) is 13.8 Å². The molecule has 0 bridgehead atoms. The Kier molecular flexibility index (Phi) is 4.89. The van der Waals surface area contributed by atoms with E-state index in [-0.39, 0.29) is 29.0 Å². The summed E-state index contributed by atoms with van der Waals surface area (Å²) in [5.41, 5.74) is -0.302. The Labute approximate surface area is 134 Å². The summed E-state index contributed by atoms with van der Waals surface area (Å²) in [4.78, 5) is 22.4. The van der Waals surface area contributed by atoms with Crippen LogP contribution in [0.4, 0.5) is 5.69 Å². The zero-order valence-corrected chi connectivity index (χ0v) is 13.5. The lowest BCUT2D eigenvalue weighted by molar-refractivity contribution is -0.385. The van der Waals surface area contributed by atoms with Gasteiger partial charge >= 0.3 is 5.69 Å². The molecule has 1 aliphatic rings. The van der Waals surface area contributed by atoms with Crippen LogP contribution >= 0.6 is 0 Å². The molecule has 1 aromatic carbocycles. The van der Waals surface area contributed by atoms with Gasteiger partial charge in [-0.2, -0.15) is 0 Å². The van der Waals surface area contributed by atoms with Gasteiger partial charge in [-0.15, -0.1) is 0 Å². The lowest BCUT2D eigenvalue weighted by Gasteiger charge is -2.55. The van der Waals surface area contributed by atoms with Gasteiger partial charge in [-0.3, -0.25) is 14.9 Å². The molecule has 2 N–H and O–H groups in total. The number of hydrogen-bond acceptors (Lipinski definition) is 5. The molecule has 1 aromatic rings. The van der Waals surface area contributed by atoms with Crippen molar-refractivity contribution in [2.24, 2.45) is 5.41 Å². The van der Waals surface area contributed by atoms with Gasteiger partial charge in [-0.25, -0.2) is 0 Å². The largest absolute Gasteiger partial charge is 0.502 e. The Hall–Kier alpha value is -2.15. The molecular weight excluding hydrogens is 300 g/mol. The van der Waals surface area contributed by atoms with Crippen molar-refractivity contribution >= 4 is 11.6 Å². The average Bonchev–Trinajstić information content (AvgIpc) is 2.51. The quantitative estimate of drug-likeness (QED) is 0.619. The Balaban J connectivity index is 2.14. The molecule has 0 aliphatic heterocycles. The molecule has 0 radical (unpaired) electrons. The van der Waals surface area contributed by atoms with Gasteiger partial charge in [0.05, 0.1) is 11.0 Å². The van der Waals surface area contributed by atoms with Gasteiger partial charge in [0.15, 0.2) is 5.75 Å². The SMILES string of the molecule is CCC1(CC)C(NC(=O)c2ccc([N+](=O)[O-])c(O)c2)CC1OC. The third-order valence-electron chi connectivity index (χ3n) is 5.13. The van der Waals surface area contributed by atoms with E-state index in [0.717, 1.165) is 31.4 Å². The predicted octanol–water partition coefficient (Wildman–Crippen LogP) is 2.62. The maximum atomic E-state index is 12.4. The number of nitro benzene ring substituents is 1. The third kappa shape index (κ3) is 2.88. The van der Waals surface area contributed by atoms with Crippen LogP contribution in [-0.2, 0) is 4.74 Å². The minimum atomic E-state index is -0.689. The van der Waals surface area contributed by atoms with E-state index in [1.807, 2.05) is 0 Å². The number of ether oxygens (including phenoxy) is 1. The Morgan fingerprint density at radius 3 is 2.61 bits per heavy atom. The van der Waals surface area contributed by atoms with Crippen molar-refractivity contribution in [1.29, 1.82) is 0 Å². The fraction of sp³-hybridized carbons (Fsp3) is 0.562. The molecule has 0 spiro atoms. The highest BCUT2D eigenvalue weighted by molar-refractivity contribution is 5.95. The number of benzene rings is 1. The van der Waals surface area contributed by atoms with E-state index >= 15 is 0 Å². The second-order valence-electron chi connectivity index (χ2n) is 5.89. The first-order valence-electron chi connectivity index (χ1n) is 7.70. The van der Waals surface area contributed by atoms with Crippen molar-refractivity contribution in [2.75, 3.05) is 7.11 Å². The molecule has 23 heavy (non-hydrogen) atoms. The number of phenols is 1. The molecule has 2 atom stereocenters. The third-order valence-corrected chi connectivity index (χ3v) is 5.13. The Morgan fingerprint density at radius 1 is 1.48 bits per heavy atom. The van der Waals surface area contributed by atoms with Crippen molar-refractivity contribution in [3.05, 3.63) is 33.9 Å². The maximum absolute atomic E-state index is 12.4. The Morgan fingerprint density at radius 2 is 2.13 bits per heavy atom. The number of aromatic hydroxyl groups is 1. The lowest BCUT2D eigenvalue weighted by atomic mass is 9.58. The summed E-state index contributed by atoms with van der Waals surface area (Å²) in [6.45, 7) is 4.15. The van der Waals surface area contributed by atoms with Gasteiger partial charge in [0.1, 0.15) is 0 Å². The molecular formula is C16H22N2O5. The fourth-order valence-electron chi connectivity index (χ4n) is 3.54. The number of nitrogens with zero attached hydrogens (tertiary/aromatic N) is 1. The van der Waals surface area contributed by atoms with E-state index < -0.39 is 16.4 Å². The molecule has 0 heterocycles. The van der Waals surface area contributed by atoms with Gasteiger partial charge in [0.25, 0.3) is 5.91 Å². The maximum Gasteiger partial charge on any atom is 0.310 e. The summed E-state index contributed by atoms with van der Waals surface area (Å²) in [5.74, 6) is -0.857. The normalized spacial score (nSPS) is 22.2. The number of carbonyl (C=O) groups is 1. The molecule has 1 aliphatic carbocycles. The van der Waals surface area contributed by atoms with Crippen LogP contribution in [0, 0.1) is 15.5 Å². The molecule has 1 saturated carbocycles. The number of phenolic OH excluding ortho intramolecular Hbond substituents is 1. The number of nitrogens with one attached hydrogen (secondary N) is 1. The lowest BCUT2D eigenvalue weighted by Crippen LogP contribution is -2.64. The van der Waals surface area contributed by atoms with Crippen molar-refractivity contribution in [2.45, 2.75) is 45.3 Å². The summed E-state index contributed by atoms with van der Waals surface area (Å²) in [6.07, 6.45) is 2.63. The number of methoxy groups -OCH3 is 1. The van der Waals surface area contributed by atoms with E-state index in [1.165, 1.54) is 6.07 Å². The number of amides is 1. The molecule has 1 fully saturated rings. The van der Waals surface area contributed by atoms with Crippen LogP contribution in [0.3, 0.4) is 0 Å². The second kappa shape index (κ2) is 6.54. The molecule has 0 saturated heterocycles. The van der Waals surface area contributed by atoms with E-state index in [2.05, 4.69) is 19.2 Å². The van der Waals surface area contributed by atoms with Crippen LogP contribution in [0.1, 0.15) is 43.5 Å². The van der Waals surface area contributed by atoms with Crippen molar-refractivity contribution < 1.29 is 19.6 Å². The van der Waals surface area contributed by atoms with Crippen LogP contribution in [0.2, 0.25) is 0 Å². The minimum absolute atomic E-state index is 0.00714. The molecule has 2 rings (SSSR count). The van der Waals surface area contributed by atoms with Gasteiger partial charge in [0.2, 0.25) is 0 Å². The zero-order chi connectivity index (χ0) is 17.2. The number of hydrogen-bond donors (Lipinski definition) is 2. The van der Waals surface area contributed by atoms with Crippen molar-refractivity contribution in [1.82, 2.24) is 5.32 Å². The minimum Gasteiger partial charge on any atom is -0.502 e. The van der Waals surface area contributed by atoms with Gasteiger partial charge in [0, 0.05) is 30.2 Å². The van der Waals surface area contributed by atoms with Crippen LogP contribution in [-0.4, -0.2) is 35.2 Å². The summed E-state index contributed by atoms with van der Waals surface area (Å²) in [6, 6.07) is 3.60. The molecule has 1 amide bonds. The fourth-order valence-corrected chi connectivity index (χ4v) is 3.54. The summed E-state index contributed by atoms with van der Waals surface area (Å²) in [5, 5.41) is 23.3. The van der Waals surface area contributed by atoms with E-state index in [4.69, 9.17) is 4.74 Å². The Bertz CT molecular complexity index is 612. The van der Waals surface area contributed by atoms with Gasteiger partial charge in [-0.05, 0) is 31.4 Å². The van der Waals surface area contributed by atoms with Gasteiger partial charge < -0.3 is 15.2 Å². The highest BCUT2D eigenvalue weighted by atomic mass is 16.6. The predicted molar refractivity (Wildman–Crippen MR) is 84.4 cm³/mol. The van der Waals surface area contributed by atoms with Crippen LogP contribution in [0.5, 0.6) is 5.75 Å². The summed E-state index contributed by atoms with van der Waals surface area (Å²) < 4.78 is 5.50. The van der Waals surface area contributed by atoms with Crippen LogP contribution in [0.15, 0.2) is 18.2 Å². The highest BCUT2D eigenvalue weighted by Gasteiger charge is 2.53. The van der Waals surface area contributed by atoms with Crippen LogP contribution in [0.25, 0.3) is 0 Å². The first-order valence-corrected chi connectivity index (χ1v) is 7.70. The summed E-state index contributed by atoms with van der Waals surface area (Å²) in [7, 11) is 1.68. The van der Waals surface area contributed by atoms with E-state index in [1.54, 1.807) is 7.11 Å². The summed E-state index contributed by atoms with van der Waals surface area (Å²) >= 11 is 0. The second-order valence-corrected chi connectivity index (χ2v) is 5.89. The van der Waals surface area contributed by atoms with E-state index in [0.29, 0.717) is 0 Å². The van der Waals surface area contributed by atoms with E-state index in [9.17, 15) is 20.0 Å². The number of rotatable bonds is 6. The first-order chi connectivity index (χ1) is 10.9. The molecule has 7 nitrogen and oxygen atoms in total. The zero-order valence-electron chi connectivity index (χ0n) is 13.5. The smallest absolute Gasteiger partial charge is 0.310 e. The monoisotopic (exact) mass is 322 g/mol.